The van der Waals surface area contributed by atoms with Gasteiger partial charge in [-0.1, -0.05) is 18.5 Å². The molecule has 0 bridgehead atoms. The molecule has 0 radical (unpaired) electrons. The monoisotopic (exact) mass is 297 g/mol. The maximum absolute atomic E-state index is 12.4. The van der Waals surface area contributed by atoms with Crippen LogP contribution in [0.5, 0.6) is 0 Å². The molecule has 0 saturated carbocycles. The van der Waals surface area contributed by atoms with Crippen LogP contribution in [0.3, 0.4) is 0 Å². The molecule has 0 aliphatic carbocycles. The van der Waals surface area contributed by atoms with Gasteiger partial charge in [0.05, 0.1) is 23.2 Å². The quantitative estimate of drug-likeness (QED) is 0.907. The van der Waals surface area contributed by atoms with Crippen molar-refractivity contribution in [2.75, 3.05) is 32.1 Å². The Morgan fingerprint density at radius 3 is 3.05 bits per heavy atom. The van der Waals surface area contributed by atoms with Gasteiger partial charge in [0, 0.05) is 26.4 Å². The smallest absolute Gasteiger partial charge is 0.255 e. The zero-order valence-electron chi connectivity index (χ0n) is 11.9. The first-order valence-electron chi connectivity index (χ1n) is 6.87. The highest BCUT2D eigenvalue weighted by Gasteiger charge is 2.25. The fourth-order valence-corrected chi connectivity index (χ4v) is 2.36. The van der Waals surface area contributed by atoms with Crippen LogP contribution in [0.2, 0.25) is 5.02 Å². The SMILES string of the molecule is CCCNc1ncc(C(=O)N(C)C2CCOC2)cc1Cl. The van der Waals surface area contributed by atoms with Crippen molar-refractivity contribution in [1.29, 1.82) is 0 Å². The Kier molecular flexibility index (Phi) is 5.20. The maximum atomic E-state index is 12.4. The molecule has 0 aromatic carbocycles. The lowest BCUT2D eigenvalue weighted by molar-refractivity contribution is 0.0711. The maximum Gasteiger partial charge on any atom is 0.255 e. The van der Waals surface area contributed by atoms with E-state index >= 15 is 0 Å². The van der Waals surface area contributed by atoms with E-state index in [1.54, 1.807) is 24.2 Å². The van der Waals surface area contributed by atoms with Crippen LogP contribution in [0, 0.1) is 0 Å². The largest absolute Gasteiger partial charge is 0.379 e. The van der Waals surface area contributed by atoms with Gasteiger partial charge in [-0.2, -0.15) is 0 Å². The van der Waals surface area contributed by atoms with Crippen LogP contribution in [-0.4, -0.2) is 48.6 Å². The molecule has 110 valence electrons. The summed E-state index contributed by atoms with van der Waals surface area (Å²) in [6.07, 6.45) is 3.43. The Morgan fingerprint density at radius 1 is 1.65 bits per heavy atom. The summed E-state index contributed by atoms with van der Waals surface area (Å²) >= 11 is 6.15. The highest BCUT2D eigenvalue weighted by molar-refractivity contribution is 6.33. The van der Waals surface area contributed by atoms with E-state index in [1.807, 2.05) is 0 Å². The molecule has 1 saturated heterocycles. The molecule has 1 aromatic rings. The van der Waals surface area contributed by atoms with E-state index < -0.39 is 0 Å². The van der Waals surface area contributed by atoms with E-state index in [2.05, 4.69) is 17.2 Å². The fourth-order valence-electron chi connectivity index (χ4n) is 2.13. The molecular weight excluding hydrogens is 278 g/mol. The van der Waals surface area contributed by atoms with Gasteiger partial charge >= 0.3 is 0 Å². The number of hydrogen-bond acceptors (Lipinski definition) is 4. The molecule has 1 N–H and O–H groups in total. The topological polar surface area (TPSA) is 54.5 Å². The lowest BCUT2D eigenvalue weighted by atomic mass is 10.2. The number of nitrogens with one attached hydrogen (secondary N) is 1. The van der Waals surface area contributed by atoms with E-state index in [4.69, 9.17) is 16.3 Å². The molecule has 2 rings (SSSR count). The molecule has 1 amide bonds. The van der Waals surface area contributed by atoms with Crippen molar-refractivity contribution >= 4 is 23.3 Å². The molecule has 1 aliphatic heterocycles. The van der Waals surface area contributed by atoms with Gasteiger partial charge in [0.2, 0.25) is 0 Å². The van der Waals surface area contributed by atoms with Crippen LogP contribution in [0.15, 0.2) is 12.3 Å². The van der Waals surface area contributed by atoms with Gasteiger partial charge in [-0.15, -0.1) is 0 Å². The Labute approximate surface area is 124 Å². The van der Waals surface area contributed by atoms with Gasteiger partial charge in [-0.3, -0.25) is 4.79 Å². The fraction of sp³-hybridized carbons (Fsp3) is 0.571. The third-order valence-electron chi connectivity index (χ3n) is 3.40. The molecule has 20 heavy (non-hydrogen) atoms. The van der Waals surface area contributed by atoms with E-state index in [0.29, 0.717) is 29.6 Å². The summed E-state index contributed by atoms with van der Waals surface area (Å²) in [5.74, 6) is 0.550. The average Bonchev–Trinajstić information content (AvgIpc) is 2.98. The second-order valence-corrected chi connectivity index (χ2v) is 5.32. The Bertz CT molecular complexity index is 475. The second kappa shape index (κ2) is 6.90. The molecule has 1 aromatic heterocycles. The number of carbonyl (C=O) groups excluding carboxylic acids is 1. The molecular formula is C14H20ClN3O2. The Hall–Kier alpha value is -1.33. The van der Waals surface area contributed by atoms with Crippen LogP contribution in [0.25, 0.3) is 0 Å². The number of aromatic nitrogens is 1. The van der Waals surface area contributed by atoms with Crippen LogP contribution < -0.4 is 5.32 Å². The van der Waals surface area contributed by atoms with E-state index in [-0.39, 0.29) is 11.9 Å². The third-order valence-corrected chi connectivity index (χ3v) is 3.69. The zero-order chi connectivity index (χ0) is 14.5. The first-order valence-corrected chi connectivity index (χ1v) is 7.25. The summed E-state index contributed by atoms with van der Waals surface area (Å²) in [6.45, 7) is 4.18. The molecule has 6 heteroatoms. The molecule has 1 fully saturated rings. The number of nitrogens with zero attached hydrogens (tertiary/aromatic N) is 2. The Balaban J connectivity index is 2.08. The number of hydrogen-bond donors (Lipinski definition) is 1. The van der Waals surface area contributed by atoms with Crippen molar-refractivity contribution in [3.05, 3.63) is 22.8 Å². The van der Waals surface area contributed by atoms with Gasteiger partial charge in [-0.25, -0.2) is 4.98 Å². The highest BCUT2D eigenvalue weighted by Crippen LogP contribution is 2.22. The van der Waals surface area contributed by atoms with Crippen LogP contribution >= 0.6 is 11.6 Å². The van der Waals surface area contributed by atoms with Crippen LogP contribution in [0.4, 0.5) is 5.82 Å². The highest BCUT2D eigenvalue weighted by atomic mass is 35.5. The molecule has 5 nitrogen and oxygen atoms in total. The normalized spacial score (nSPS) is 18.1. The van der Waals surface area contributed by atoms with E-state index in [1.165, 1.54) is 0 Å². The number of halogens is 1. The minimum Gasteiger partial charge on any atom is -0.379 e. The summed E-state index contributed by atoms with van der Waals surface area (Å²) in [5.41, 5.74) is 0.506. The average molecular weight is 298 g/mol. The molecule has 1 atom stereocenters. The van der Waals surface area contributed by atoms with Gasteiger partial charge in [0.15, 0.2) is 0 Å². The summed E-state index contributed by atoms with van der Waals surface area (Å²) in [4.78, 5) is 18.3. The number of pyridine rings is 1. The van der Waals surface area contributed by atoms with Crippen LogP contribution in [0.1, 0.15) is 30.1 Å². The number of anilines is 1. The van der Waals surface area contributed by atoms with Crippen molar-refractivity contribution < 1.29 is 9.53 Å². The predicted octanol–water partition coefficient (Wildman–Crippen LogP) is 2.42. The van der Waals surface area contributed by atoms with Crippen molar-refractivity contribution in [2.45, 2.75) is 25.8 Å². The zero-order valence-corrected chi connectivity index (χ0v) is 12.6. The predicted molar refractivity (Wildman–Crippen MR) is 79.3 cm³/mol. The molecule has 1 unspecified atom stereocenters. The van der Waals surface area contributed by atoms with Crippen molar-refractivity contribution in [2.24, 2.45) is 0 Å². The van der Waals surface area contributed by atoms with E-state index in [9.17, 15) is 4.79 Å². The lowest BCUT2D eigenvalue weighted by Gasteiger charge is -2.23. The van der Waals surface area contributed by atoms with Crippen molar-refractivity contribution in [1.82, 2.24) is 9.88 Å². The van der Waals surface area contributed by atoms with Gasteiger partial charge < -0.3 is 15.0 Å². The van der Waals surface area contributed by atoms with Gasteiger partial charge in [-0.05, 0) is 18.9 Å². The summed E-state index contributed by atoms with van der Waals surface area (Å²) in [5, 5.41) is 3.60. The standard InChI is InChI=1S/C14H20ClN3O2/c1-3-5-16-13-12(15)7-10(8-17-13)14(19)18(2)11-4-6-20-9-11/h7-8,11H,3-6,9H2,1-2H3,(H,16,17). The lowest BCUT2D eigenvalue weighted by Crippen LogP contribution is -2.37. The van der Waals surface area contributed by atoms with E-state index in [0.717, 1.165) is 19.4 Å². The minimum atomic E-state index is -0.0723. The number of carbonyl (C=O) groups is 1. The summed E-state index contributed by atoms with van der Waals surface area (Å²) in [6, 6.07) is 1.81. The second-order valence-electron chi connectivity index (χ2n) is 4.91. The van der Waals surface area contributed by atoms with Crippen LogP contribution in [-0.2, 0) is 4.74 Å². The summed E-state index contributed by atoms with van der Waals surface area (Å²) < 4.78 is 5.31. The number of rotatable bonds is 5. The van der Waals surface area contributed by atoms with Crippen molar-refractivity contribution in [3.63, 3.8) is 0 Å². The number of amides is 1. The Morgan fingerprint density at radius 2 is 2.45 bits per heavy atom. The molecule has 2 heterocycles. The van der Waals surface area contributed by atoms with Crippen molar-refractivity contribution in [3.8, 4) is 0 Å². The molecule has 0 spiro atoms. The third kappa shape index (κ3) is 3.41. The first-order chi connectivity index (χ1) is 9.63. The van der Waals surface area contributed by atoms with Gasteiger partial charge in [0.1, 0.15) is 5.82 Å². The first kappa shape index (κ1) is 15.1. The number of ether oxygens (including phenoxy) is 1. The number of likely N-dealkylation sites (N-methyl/N-ethyl adjacent to an activating group) is 1. The van der Waals surface area contributed by atoms with Gasteiger partial charge in [0.25, 0.3) is 5.91 Å². The summed E-state index contributed by atoms with van der Waals surface area (Å²) in [7, 11) is 1.79. The minimum absolute atomic E-state index is 0.0723. The molecule has 1 aliphatic rings.